The van der Waals surface area contributed by atoms with Crippen LogP contribution in [-0.2, 0) is 9.84 Å². The lowest BCUT2D eigenvalue weighted by atomic mass is 10.2. The number of halogens is 1. The van der Waals surface area contributed by atoms with Crippen molar-refractivity contribution in [2.45, 2.75) is 23.6 Å². The number of nitrogens with zero attached hydrogens (tertiary/aromatic N) is 1. The van der Waals surface area contributed by atoms with Gasteiger partial charge in [-0.15, -0.1) is 11.6 Å². The van der Waals surface area contributed by atoms with Crippen LogP contribution in [0.15, 0.2) is 41.4 Å². The molecule has 1 aromatic carbocycles. The number of benzene rings is 1. The van der Waals surface area contributed by atoms with Crippen LogP contribution in [0.1, 0.15) is 13.3 Å². The molecule has 0 spiro atoms. The van der Waals surface area contributed by atoms with Gasteiger partial charge in [0.15, 0.2) is 14.9 Å². The van der Waals surface area contributed by atoms with Crippen molar-refractivity contribution in [2.24, 2.45) is 0 Å². The van der Waals surface area contributed by atoms with Crippen LogP contribution < -0.4 is 0 Å². The van der Waals surface area contributed by atoms with Crippen LogP contribution in [0.2, 0.25) is 0 Å². The van der Waals surface area contributed by atoms with Gasteiger partial charge in [-0.05, 0) is 31.5 Å². The van der Waals surface area contributed by atoms with Crippen molar-refractivity contribution in [3.8, 4) is 0 Å². The summed E-state index contributed by atoms with van der Waals surface area (Å²) in [6, 6.07) is 10.8. The lowest BCUT2D eigenvalue weighted by Gasteiger charge is -2.11. The first-order chi connectivity index (χ1) is 8.55. The van der Waals surface area contributed by atoms with Crippen molar-refractivity contribution in [1.82, 2.24) is 4.98 Å². The van der Waals surface area contributed by atoms with E-state index in [1.54, 1.807) is 25.1 Å². The lowest BCUT2D eigenvalue weighted by molar-refractivity contribution is 0.578. The van der Waals surface area contributed by atoms with Crippen LogP contribution in [0.4, 0.5) is 0 Å². The van der Waals surface area contributed by atoms with E-state index in [4.69, 9.17) is 11.6 Å². The molecule has 5 heteroatoms. The number of para-hydroxylation sites is 1. The molecule has 0 fully saturated rings. The molecule has 0 amide bonds. The van der Waals surface area contributed by atoms with Gasteiger partial charge >= 0.3 is 0 Å². The number of rotatable bonds is 4. The number of aromatic nitrogens is 1. The summed E-state index contributed by atoms with van der Waals surface area (Å²) >= 11 is 5.60. The number of alkyl halides is 1. The SMILES string of the molecule is CC(CCCl)S(=O)(=O)c1ccc2ccccc2n1. The third-order valence-corrected chi connectivity index (χ3v) is 5.23. The van der Waals surface area contributed by atoms with E-state index in [1.165, 1.54) is 0 Å². The van der Waals surface area contributed by atoms with Gasteiger partial charge in [-0.2, -0.15) is 0 Å². The van der Waals surface area contributed by atoms with Gasteiger partial charge in [0.1, 0.15) is 0 Å². The molecule has 0 aliphatic rings. The molecule has 1 aromatic heterocycles. The summed E-state index contributed by atoms with van der Waals surface area (Å²) in [4.78, 5) is 4.22. The Balaban J connectivity index is 2.48. The minimum absolute atomic E-state index is 0.124. The molecule has 18 heavy (non-hydrogen) atoms. The molecule has 3 nitrogen and oxygen atoms in total. The quantitative estimate of drug-likeness (QED) is 0.810. The number of sulfone groups is 1. The van der Waals surface area contributed by atoms with Crippen molar-refractivity contribution in [2.75, 3.05) is 5.88 Å². The third kappa shape index (κ3) is 2.49. The topological polar surface area (TPSA) is 47.0 Å². The molecule has 0 aliphatic heterocycles. The lowest BCUT2D eigenvalue weighted by Crippen LogP contribution is -2.19. The number of hydrogen-bond donors (Lipinski definition) is 0. The summed E-state index contributed by atoms with van der Waals surface area (Å²) in [5, 5.41) is 0.545. The minimum atomic E-state index is -3.39. The monoisotopic (exact) mass is 283 g/mol. The van der Waals surface area contributed by atoms with Gasteiger partial charge in [-0.3, -0.25) is 0 Å². The Kier molecular flexibility index (Phi) is 3.88. The largest absolute Gasteiger partial charge is 0.236 e. The van der Waals surface area contributed by atoms with Gasteiger partial charge in [0.2, 0.25) is 0 Å². The summed E-state index contributed by atoms with van der Waals surface area (Å²) in [6.07, 6.45) is 0.429. The maximum absolute atomic E-state index is 12.2. The zero-order valence-electron chi connectivity index (χ0n) is 10.0. The van der Waals surface area contributed by atoms with Gasteiger partial charge in [0, 0.05) is 11.3 Å². The summed E-state index contributed by atoms with van der Waals surface area (Å²) in [7, 11) is -3.39. The van der Waals surface area contributed by atoms with Crippen LogP contribution in [0.25, 0.3) is 10.9 Å². The van der Waals surface area contributed by atoms with E-state index < -0.39 is 15.1 Å². The van der Waals surface area contributed by atoms with E-state index in [1.807, 2.05) is 18.2 Å². The van der Waals surface area contributed by atoms with Gasteiger partial charge in [0.05, 0.1) is 10.8 Å². The predicted molar refractivity (Wildman–Crippen MR) is 73.7 cm³/mol. The Labute approximate surface area is 112 Å². The average molecular weight is 284 g/mol. The van der Waals surface area contributed by atoms with Crippen LogP contribution in [0, 0.1) is 0 Å². The highest BCUT2D eigenvalue weighted by atomic mass is 35.5. The van der Waals surface area contributed by atoms with E-state index in [2.05, 4.69) is 4.98 Å². The van der Waals surface area contributed by atoms with Crippen LogP contribution in [0.3, 0.4) is 0 Å². The fraction of sp³-hybridized carbons (Fsp3) is 0.308. The maximum Gasteiger partial charge on any atom is 0.198 e. The van der Waals surface area contributed by atoms with Gasteiger partial charge < -0.3 is 0 Å². The van der Waals surface area contributed by atoms with Gasteiger partial charge in [0.25, 0.3) is 0 Å². The molecular formula is C13H14ClNO2S. The fourth-order valence-electron chi connectivity index (χ4n) is 1.72. The fourth-order valence-corrected chi connectivity index (χ4v) is 3.50. The first-order valence-electron chi connectivity index (χ1n) is 5.71. The molecule has 2 aromatic rings. The normalized spacial score (nSPS) is 13.7. The zero-order valence-corrected chi connectivity index (χ0v) is 11.6. The molecule has 0 saturated carbocycles. The second-order valence-corrected chi connectivity index (χ2v) is 6.87. The van der Waals surface area contributed by atoms with Crippen molar-refractivity contribution >= 4 is 32.3 Å². The summed E-state index contributed by atoms with van der Waals surface area (Å²) in [5.41, 5.74) is 0.691. The maximum atomic E-state index is 12.2. The van der Waals surface area contributed by atoms with Crippen LogP contribution in [0.5, 0.6) is 0 Å². The number of hydrogen-bond acceptors (Lipinski definition) is 3. The summed E-state index contributed by atoms with van der Waals surface area (Å²) in [5.74, 6) is 0.327. The minimum Gasteiger partial charge on any atom is -0.236 e. The smallest absolute Gasteiger partial charge is 0.198 e. The molecule has 0 radical (unpaired) electrons. The van der Waals surface area contributed by atoms with Crippen molar-refractivity contribution in [1.29, 1.82) is 0 Å². The molecule has 2 rings (SSSR count). The highest BCUT2D eigenvalue weighted by molar-refractivity contribution is 7.92. The van der Waals surface area contributed by atoms with E-state index >= 15 is 0 Å². The molecule has 0 N–H and O–H groups in total. The third-order valence-electron chi connectivity index (χ3n) is 2.91. The van der Waals surface area contributed by atoms with Crippen molar-refractivity contribution < 1.29 is 8.42 Å². The van der Waals surface area contributed by atoms with E-state index in [9.17, 15) is 8.42 Å². The molecule has 0 saturated heterocycles. The standard InChI is InChI=1S/C13H14ClNO2S/c1-10(8-9-14)18(16,17)13-7-6-11-4-2-3-5-12(11)15-13/h2-7,10H,8-9H2,1H3. The Morgan fingerprint density at radius 2 is 1.94 bits per heavy atom. The zero-order chi connectivity index (χ0) is 13.2. The van der Waals surface area contributed by atoms with Gasteiger partial charge in [-0.25, -0.2) is 13.4 Å². The predicted octanol–water partition coefficient (Wildman–Crippen LogP) is 3.03. The first-order valence-corrected chi connectivity index (χ1v) is 7.79. The Morgan fingerprint density at radius 1 is 1.22 bits per heavy atom. The highest BCUT2D eigenvalue weighted by Gasteiger charge is 2.24. The van der Waals surface area contributed by atoms with Crippen LogP contribution in [-0.4, -0.2) is 24.5 Å². The Bertz CT molecular complexity index is 655. The molecule has 0 bridgehead atoms. The molecule has 0 aliphatic carbocycles. The molecule has 96 valence electrons. The van der Waals surface area contributed by atoms with E-state index in [-0.39, 0.29) is 5.03 Å². The molecular weight excluding hydrogens is 270 g/mol. The summed E-state index contributed by atoms with van der Waals surface area (Å²) < 4.78 is 24.5. The van der Waals surface area contributed by atoms with E-state index in [0.29, 0.717) is 17.8 Å². The highest BCUT2D eigenvalue weighted by Crippen LogP contribution is 2.20. The number of pyridine rings is 1. The number of fused-ring (bicyclic) bond motifs is 1. The van der Waals surface area contributed by atoms with Crippen LogP contribution >= 0.6 is 11.6 Å². The van der Waals surface area contributed by atoms with Crippen molar-refractivity contribution in [3.63, 3.8) is 0 Å². The second-order valence-electron chi connectivity index (χ2n) is 4.18. The second kappa shape index (κ2) is 5.24. The molecule has 1 heterocycles. The Hall–Kier alpha value is -1.13. The average Bonchev–Trinajstić information content (AvgIpc) is 2.38. The molecule has 1 atom stereocenters. The van der Waals surface area contributed by atoms with Crippen molar-refractivity contribution in [3.05, 3.63) is 36.4 Å². The molecule has 1 unspecified atom stereocenters. The van der Waals surface area contributed by atoms with Gasteiger partial charge in [-0.1, -0.05) is 18.2 Å². The van der Waals surface area contributed by atoms with E-state index in [0.717, 1.165) is 5.39 Å². The summed E-state index contributed by atoms with van der Waals surface area (Å²) in [6.45, 7) is 1.66. The first kappa shape index (κ1) is 13.3. The Morgan fingerprint density at radius 3 is 2.67 bits per heavy atom.